The molecule has 0 bridgehead atoms. The molecule has 7 nitrogen and oxygen atoms in total. The summed E-state index contributed by atoms with van der Waals surface area (Å²) < 4.78 is 50.5. The van der Waals surface area contributed by atoms with Gasteiger partial charge in [0, 0.05) is 25.8 Å². The highest BCUT2D eigenvalue weighted by atomic mass is 32.2. The second-order valence-corrected chi connectivity index (χ2v) is 8.73. The summed E-state index contributed by atoms with van der Waals surface area (Å²) in [6.07, 6.45) is 0. The number of fused-ring (bicyclic) bond motifs is 1. The van der Waals surface area contributed by atoms with Gasteiger partial charge < -0.3 is 14.6 Å². The van der Waals surface area contributed by atoms with E-state index in [4.69, 9.17) is 4.74 Å². The van der Waals surface area contributed by atoms with Crippen LogP contribution in [-0.2, 0) is 26.1 Å². The van der Waals surface area contributed by atoms with E-state index < -0.39 is 15.8 Å². The first-order valence-corrected chi connectivity index (χ1v) is 11.1. The molecule has 3 aromatic rings. The van der Waals surface area contributed by atoms with Crippen molar-refractivity contribution in [2.75, 3.05) is 18.5 Å². The van der Waals surface area contributed by atoms with Crippen LogP contribution in [0.4, 0.5) is 10.1 Å². The molecule has 1 aromatic heterocycles. The quantitative estimate of drug-likeness (QED) is 0.575. The molecule has 2 aromatic carbocycles. The summed E-state index contributed by atoms with van der Waals surface area (Å²) in [6.45, 7) is 4.62. The molecular weight excluding hydrogens is 417 g/mol. The highest BCUT2D eigenvalue weighted by Gasteiger charge is 2.15. The Balaban J connectivity index is 2.12. The Kier molecular flexibility index (Phi) is 6.46. The van der Waals surface area contributed by atoms with E-state index in [1.165, 1.54) is 30.4 Å². The molecule has 1 N–H and O–H groups in total. The van der Waals surface area contributed by atoms with Gasteiger partial charge in [-0.05, 0) is 49.4 Å². The van der Waals surface area contributed by atoms with Crippen LogP contribution in [-0.4, -0.2) is 32.1 Å². The molecule has 0 atom stereocenters. The number of hydrogen-bond donors (Lipinski definition) is 1. The lowest BCUT2D eigenvalue weighted by Gasteiger charge is -2.06. The van der Waals surface area contributed by atoms with Gasteiger partial charge in [-0.1, -0.05) is 11.3 Å². The molecule has 0 aliphatic rings. The van der Waals surface area contributed by atoms with E-state index in [0.717, 1.165) is 22.3 Å². The number of aromatic nitrogens is 1. The highest BCUT2D eigenvalue weighted by molar-refractivity contribution is 7.90. The number of carbonyl (C=O) groups excluding carboxylic acids is 1. The Morgan fingerprint density at radius 1 is 1.24 bits per heavy atom. The number of ether oxygens (including phenoxy) is 1. The summed E-state index contributed by atoms with van der Waals surface area (Å²) >= 11 is 1.18. The van der Waals surface area contributed by atoms with Gasteiger partial charge >= 0.3 is 0 Å². The first kappa shape index (κ1) is 21.2. The molecule has 0 unspecified atom stereocenters. The van der Waals surface area contributed by atoms with Gasteiger partial charge in [-0.25, -0.2) is 4.39 Å². The first-order chi connectivity index (χ1) is 13.8. The number of amides is 1. The van der Waals surface area contributed by atoms with Gasteiger partial charge in [-0.3, -0.25) is 4.79 Å². The van der Waals surface area contributed by atoms with E-state index in [1.54, 1.807) is 22.8 Å². The molecule has 3 rings (SSSR count). The van der Waals surface area contributed by atoms with Crippen LogP contribution >= 0.6 is 11.3 Å². The fraction of sp³-hybridized carbons (Fsp3) is 0.263. The molecule has 0 aliphatic carbocycles. The van der Waals surface area contributed by atoms with Gasteiger partial charge in [0.15, 0.2) is 0 Å². The number of halogens is 1. The second-order valence-electron chi connectivity index (χ2n) is 6.12. The Morgan fingerprint density at radius 2 is 1.97 bits per heavy atom. The Bertz CT molecular complexity index is 1200. The number of hydrogen-bond acceptors (Lipinski definition) is 5. The van der Waals surface area contributed by atoms with Gasteiger partial charge in [-0.2, -0.15) is 8.42 Å². The van der Waals surface area contributed by atoms with Gasteiger partial charge in [0.1, 0.15) is 5.82 Å². The van der Waals surface area contributed by atoms with Crippen molar-refractivity contribution in [3.8, 4) is 0 Å². The minimum Gasteiger partial charge on any atom is -0.380 e. The number of benzene rings is 2. The van der Waals surface area contributed by atoms with Gasteiger partial charge in [-0.15, -0.1) is 4.40 Å². The molecule has 0 radical (unpaired) electrons. The standard InChI is InChI=1S/C19H20FN3O4S2/c1-3-27-11-10-23-17-9-6-15(21-13(2)24)12-18(17)28-19(23)22-29(25,26)16-7-4-14(20)5-8-16/h4-9,12H,3,10-11H2,1-2H3,(H,21,24)/b22-19-. The fourth-order valence-electron chi connectivity index (χ4n) is 2.70. The number of sulfonamides is 1. The lowest BCUT2D eigenvalue weighted by molar-refractivity contribution is -0.114. The largest absolute Gasteiger partial charge is 0.380 e. The predicted molar refractivity (Wildman–Crippen MR) is 110 cm³/mol. The van der Waals surface area contributed by atoms with Crippen LogP contribution in [0, 0.1) is 5.82 Å². The van der Waals surface area contributed by atoms with Crippen molar-refractivity contribution in [2.45, 2.75) is 25.3 Å². The predicted octanol–water partition coefficient (Wildman–Crippen LogP) is 3.13. The highest BCUT2D eigenvalue weighted by Crippen LogP contribution is 2.23. The van der Waals surface area contributed by atoms with Crippen molar-refractivity contribution >= 4 is 43.2 Å². The minimum absolute atomic E-state index is 0.0911. The molecule has 0 saturated heterocycles. The molecule has 0 spiro atoms. The SMILES string of the molecule is CCOCCn1/c(=N/S(=O)(=O)c2ccc(F)cc2)sc2cc(NC(C)=O)ccc21. The van der Waals surface area contributed by atoms with E-state index in [0.29, 0.717) is 25.4 Å². The van der Waals surface area contributed by atoms with Crippen LogP contribution in [0.3, 0.4) is 0 Å². The van der Waals surface area contributed by atoms with E-state index in [1.807, 2.05) is 6.92 Å². The third-order valence-electron chi connectivity index (χ3n) is 3.98. The number of nitrogens with one attached hydrogen (secondary N) is 1. The van der Waals surface area contributed by atoms with E-state index in [-0.39, 0.29) is 15.6 Å². The lowest BCUT2D eigenvalue weighted by atomic mass is 10.3. The Labute approximate surface area is 171 Å². The van der Waals surface area contributed by atoms with E-state index >= 15 is 0 Å². The fourth-order valence-corrected chi connectivity index (χ4v) is 5.00. The van der Waals surface area contributed by atoms with Crippen molar-refractivity contribution in [3.63, 3.8) is 0 Å². The Morgan fingerprint density at radius 3 is 2.62 bits per heavy atom. The van der Waals surface area contributed by atoms with Gasteiger partial charge in [0.25, 0.3) is 10.0 Å². The lowest BCUT2D eigenvalue weighted by Crippen LogP contribution is -2.20. The summed E-state index contributed by atoms with van der Waals surface area (Å²) in [4.78, 5) is 11.5. The summed E-state index contributed by atoms with van der Waals surface area (Å²) in [5, 5.41) is 2.71. The maximum Gasteiger partial charge on any atom is 0.285 e. The van der Waals surface area contributed by atoms with E-state index in [2.05, 4.69) is 9.71 Å². The smallest absolute Gasteiger partial charge is 0.285 e. The molecule has 0 aliphatic heterocycles. The van der Waals surface area contributed by atoms with Crippen LogP contribution in [0.25, 0.3) is 10.2 Å². The van der Waals surface area contributed by atoms with Crippen molar-refractivity contribution in [1.82, 2.24) is 4.57 Å². The van der Waals surface area contributed by atoms with Crippen molar-refractivity contribution in [1.29, 1.82) is 0 Å². The number of thiazole rings is 1. The average molecular weight is 438 g/mol. The van der Waals surface area contributed by atoms with Gasteiger partial charge in [0.05, 0.1) is 21.7 Å². The Hall–Kier alpha value is -2.56. The number of carbonyl (C=O) groups is 1. The summed E-state index contributed by atoms with van der Waals surface area (Å²) in [5.74, 6) is -0.725. The first-order valence-electron chi connectivity index (χ1n) is 8.85. The summed E-state index contributed by atoms with van der Waals surface area (Å²) in [6, 6.07) is 9.83. The maximum atomic E-state index is 13.1. The van der Waals surface area contributed by atoms with Crippen molar-refractivity contribution in [2.24, 2.45) is 4.40 Å². The molecule has 1 amide bonds. The zero-order valence-electron chi connectivity index (χ0n) is 15.9. The van der Waals surface area contributed by atoms with Crippen LogP contribution in [0.5, 0.6) is 0 Å². The van der Waals surface area contributed by atoms with Crippen LogP contribution in [0.1, 0.15) is 13.8 Å². The van der Waals surface area contributed by atoms with Crippen LogP contribution < -0.4 is 10.1 Å². The third-order valence-corrected chi connectivity index (χ3v) is 6.41. The van der Waals surface area contributed by atoms with Crippen LogP contribution in [0.15, 0.2) is 51.8 Å². The normalized spacial score (nSPS) is 12.4. The average Bonchev–Trinajstić information content (AvgIpc) is 2.97. The topological polar surface area (TPSA) is 89.8 Å². The minimum atomic E-state index is -4.02. The molecule has 0 saturated carbocycles. The molecule has 0 fully saturated rings. The van der Waals surface area contributed by atoms with E-state index in [9.17, 15) is 17.6 Å². The summed E-state index contributed by atoms with van der Waals surface area (Å²) in [5.41, 5.74) is 1.38. The molecule has 10 heteroatoms. The zero-order valence-corrected chi connectivity index (χ0v) is 17.5. The molecular formula is C19H20FN3O4S2. The molecule has 154 valence electrons. The van der Waals surface area contributed by atoms with Gasteiger partial charge in [0.2, 0.25) is 10.7 Å². The number of rotatable bonds is 7. The maximum absolute atomic E-state index is 13.1. The molecule has 1 heterocycles. The number of anilines is 1. The van der Waals surface area contributed by atoms with Crippen molar-refractivity contribution < 1.29 is 22.3 Å². The monoisotopic (exact) mass is 437 g/mol. The third kappa shape index (κ3) is 5.08. The summed E-state index contributed by atoms with van der Waals surface area (Å²) in [7, 11) is -4.02. The number of nitrogens with zero attached hydrogens (tertiary/aromatic N) is 2. The second kappa shape index (κ2) is 8.85. The molecule has 29 heavy (non-hydrogen) atoms. The van der Waals surface area contributed by atoms with Crippen LogP contribution in [0.2, 0.25) is 0 Å². The van der Waals surface area contributed by atoms with Crippen molar-refractivity contribution in [3.05, 3.63) is 53.1 Å². The zero-order chi connectivity index (χ0) is 21.0.